The maximum absolute atomic E-state index is 4.79. The zero-order chi connectivity index (χ0) is 13.4. The minimum absolute atomic E-state index is 0.964. The third kappa shape index (κ3) is 4.02. The van der Waals surface area contributed by atoms with Crippen LogP contribution in [0.15, 0.2) is 0 Å². The molecule has 18 heavy (non-hydrogen) atoms. The first kappa shape index (κ1) is 15.6. The van der Waals surface area contributed by atoms with E-state index in [0.717, 1.165) is 32.5 Å². The van der Waals surface area contributed by atoms with Crippen molar-refractivity contribution in [1.29, 1.82) is 0 Å². The first-order chi connectivity index (χ1) is 8.78. The average Bonchev–Trinajstić information content (AvgIpc) is 2.73. The molecule has 0 fully saturated rings. The van der Waals surface area contributed by atoms with Gasteiger partial charge in [0.2, 0.25) is 0 Å². The molecular weight excluding hydrogens is 242 g/mol. The summed E-state index contributed by atoms with van der Waals surface area (Å²) < 4.78 is 2.24. The second-order valence-corrected chi connectivity index (χ2v) is 5.41. The molecule has 1 N–H and O–H groups in total. The van der Waals surface area contributed by atoms with Gasteiger partial charge in [-0.3, -0.25) is 4.68 Å². The first-order valence-corrected chi connectivity index (χ1v) is 8.44. The SMILES string of the molecule is CCNCc1c(CC)nn(CCCSC)c1CC. The van der Waals surface area contributed by atoms with Crippen molar-refractivity contribution in [1.82, 2.24) is 15.1 Å². The number of hydrogen-bond donors (Lipinski definition) is 1. The van der Waals surface area contributed by atoms with E-state index in [-0.39, 0.29) is 0 Å². The van der Waals surface area contributed by atoms with E-state index in [9.17, 15) is 0 Å². The lowest BCUT2D eigenvalue weighted by Gasteiger charge is -2.08. The molecule has 0 unspecified atom stereocenters. The lowest BCUT2D eigenvalue weighted by Crippen LogP contribution is -2.14. The molecule has 0 saturated carbocycles. The van der Waals surface area contributed by atoms with Crippen LogP contribution in [0.4, 0.5) is 0 Å². The standard InChI is InChI=1S/C14H27N3S/c1-5-13-12(11-15-7-3)14(6-2)17(16-13)9-8-10-18-4/h15H,5-11H2,1-4H3. The fraction of sp³-hybridized carbons (Fsp3) is 0.786. The number of nitrogens with one attached hydrogen (secondary N) is 1. The molecule has 0 aliphatic rings. The number of hydrogen-bond acceptors (Lipinski definition) is 3. The lowest BCUT2D eigenvalue weighted by molar-refractivity contribution is 0.572. The van der Waals surface area contributed by atoms with E-state index < -0.39 is 0 Å². The smallest absolute Gasteiger partial charge is 0.0669 e. The quantitative estimate of drug-likeness (QED) is 0.699. The van der Waals surface area contributed by atoms with E-state index in [1.54, 1.807) is 0 Å². The Hall–Kier alpha value is -0.480. The predicted molar refractivity (Wildman–Crippen MR) is 81.4 cm³/mol. The molecule has 1 aromatic rings. The van der Waals surface area contributed by atoms with Gasteiger partial charge in [0.1, 0.15) is 0 Å². The summed E-state index contributed by atoms with van der Waals surface area (Å²) in [6.45, 7) is 9.62. The van der Waals surface area contributed by atoms with Gasteiger partial charge in [0.25, 0.3) is 0 Å². The number of nitrogens with zero attached hydrogens (tertiary/aromatic N) is 2. The van der Waals surface area contributed by atoms with Gasteiger partial charge in [-0.2, -0.15) is 16.9 Å². The van der Waals surface area contributed by atoms with Crippen LogP contribution in [0.2, 0.25) is 0 Å². The van der Waals surface area contributed by atoms with E-state index in [2.05, 4.69) is 37.0 Å². The van der Waals surface area contributed by atoms with Crippen LogP contribution in [0, 0.1) is 0 Å². The fourth-order valence-corrected chi connectivity index (χ4v) is 2.68. The molecule has 1 heterocycles. The summed E-state index contributed by atoms with van der Waals surface area (Å²) in [7, 11) is 0. The van der Waals surface area contributed by atoms with Crippen LogP contribution in [-0.4, -0.2) is 28.3 Å². The van der Waals surface area contributed by atoms with Crippen LogP contribution < -0.4 is 5.32 Å². The number of rotatable bonds is 9. The highest BCUT2D eigenvalue weighted by molar-refractivity contribution is 7.98. The van der Waals surface area contributed by atoms with Gasteiger partial charge in [0, 0.05) is 24.3 Å². The van der Waals surface area contributed by atoms with Gasteiger partial charge >= 0.3 is 0 Å². The molecular formula is C14H27N3S. The molecule has 1 aromatic heterocycles. The Kier molecular flexibility index (Phi) is 7.44. The summed E-state index contributed by atoms with van der Waals surface area (Å²) >= 11 is 1.91. The Bertz CT molecular complexity index is 347. The van der Waals surface area contributed by atoms with E-state index >= 15 is 0 Å². The number of aromatic nitrogens is 2. The van der Waals surface area contributed by atoms with Crippen LogP contribution >= 0.6 is 11.8 Å². The molecule has 0 aliphatic heterocycles. The Labute approximate surface area is 116 Å². The molecule has 0 aliphatic carbocycles. The van der Waals surface area contributed by atoms with Crippen molar-refractivity contribution in [3.05, 3.63) is 17.0 Å². The summed E-state index contributed by atoms with van der Waals surface area (Å²) in [5.41, 5.74) is 4.14. The summed E-state index contributed by atoms with van der Waals surface area (Å²) in [5.74, 6) is 1.22. The molecule has 0 saturated heterocycles. The zero-order valence-corrected chi connectivity index (χ0v) is 13.1. The topological polar surface area (TPSA) is 29.9 Å². The highest BCUT2D eigenvalue weighted by Gasteiger charge is 2.14. The largest absolute Gasteiger partial charge is 0.313 e. The van der Waals surface area contributed by atoms with Gasteiger partial charge in [-0.15, -0.1) is 0 Å². The van der Waals surface area contributed by atoms with E-state index in [4.69, 9.17) is 5.10 Å². The molecule has 0 atom stereocenters. The van der Waals surface area contributed by atoms with Crippen LogP contribution in [0.3, 0.4) is 0 Å². The molecule has 1 rings (SSSR count). The average molecular weight is 269 g/mol. The molecule has 4 heteroatoms. The molecule has 104 valence electrons. The van der Waals surface area contributed by atoms with Gasteiger partial charge < -0.3 is 5.32 Å². The summed E-state index contributed by atoms with van der Waals surface area (Å²) in [6.07, 6.45) is 5.48. The zero-order valence-electron chi connectivity index (χ0n) is 12.3. The Morgan fingerprint density at radius 3 is 2.56 bits per heavy atom. The summed E-state index contributed by atoms with van der Waals surface area (Å²) in [4.78, 5) is 0. The summed E-state index contributed by atoms with van der Waals surface area (Å²) in [5, 5.41) is 8.23. The predicted octanol–water partition coefficient (Wildman–Crippen LogP) is 2.87. The maximum atomic E-state index is 4.79. The van der Waals surface area contributed by atoms with Gasteiger partial charge in [0.05, 0.1) is 5.69 Å². The molecule has 0 radical (unpaired) electrons. The van der Waals surface area contributed by atoms with E-state index in [0.29, 0.717) is 0 Å². The minimum Gasteiger partial charge on any atom is -0.313 e. The molecule has 0 spiro atoms. The van der Waals surface area contributed by atoms with Crippen molar-refractivity contribution in [2.24, 2.45) is 0 Å². The normalized spacial score (nSPS) is 11.1. The van der Waals surface area contributed by atoms with Crippen LogP contribution in [-0.2, 0) is 25.9 Å². The molecule has 0 bridgehead atoms. The van der Waals surface area contributed by atoms with Crippen molar-refractivity contribution in [3.8, 4) is 0 Å². The fourth-order valence-electron chi connectivity index (χ4n) is 2.27. The molecule has 0 amide bonds. The van der Waals surface area contributed by atoms with Crippen molar-refractivity contribution < 1.29 is 0 Å². The van der Waals surface area contributed by atoms with Gasteiger partial charge in [-0.25, -0.2) is 0 Å². The van der Waals surface area contributed by atoms with Crippen LogP contribution in [0.5, 0.6) is 0 Å². The highest BCUT2D eigenvalue weighted by Crippen LogP contribution is 2.17. The van der Waals surface area contributed by atoms with Crippen molar-refractivity contribution in [3.63, 3.8) is 0 Å². The van der Waals surface area contributed by atoms with Crippen LogP contribution in [0.25, 0.3) is 0 Å². The monoisotopic (exact) mass is 269 g/mol. The molecule has 0 aromatic carbocycles. The number of aryl methyl sites for hydroxylation is 2. The first-order valence-electron chi connectivity index (χ1n) is 7.05. The van der Waals surface area contributed by atoms with Crippen molar-refractivity contribution in [2.75, 3.05) is 18.6 Å². The van der Waals surface area contributed by atoms with Crippen LogP contribution in [0.1, 0.15) is 44.1 Å². The van der Waals surface area contributed by atoms with Gasteiger partial charge in [0.15, 0.2) is 0 Å². The Balaban J connectivity index is 2.85. The van der Waals surface area contributed by atoms with Crippen molar-refractivity contribution >= 4 is 11.8 Å². The van der Waals surface area contributed by atoms with Gasteiger partial charge in [-0.1, -0.05) is 20.8 Å². The van der Waals surface area contributed by atoms with E-state index in [1.165, 1.54) is 29.1 Å². The second kappa shape index (κ2) is 8.59. The minimum atomic E-state index is 0.964. The maximum Gasteiger partial charge on any atom is 0.0669 e. The Morgan fingerprint density at radius 1 is 1.22 bits per heavy atom. The molecule has 3 nitrogen and oxygen atoms in total. The van der Waals surface area contributed by atoms with Crippen molar-refractivity contribution in [2.45, 2.75) is 53.1 Å². The third-order valence-electron chi connectivity index (χ3n) is 3.19. The van der Waals surface area contributed by atoms with E-state index in [1.807, 2.05) is 11.8 Å². The van der Waals surface area contributed by atoms with Gasteiger partial charge in [-0.05, 0) is 37.8 Å². The summed E-state index contributed by atoms with van der Waals surface area (Å²) in [6, 6.07) is 0. The Morgan fingerprint density at radius 2 is 2.00 bits per heavy atom. The highest BCUT2D eigenvalue weighted by atomic mass is 32.2. The second-order valence-electron chi connectivity index (χ2n) is 4.43. The lowest BCUT2D eigenvalue weighted by atomic mass is 10.1. The third-order valence-corrected chi connectivity index (χ3v) is 3.89. The number of thioether (sulfide) groups is 1.